The minimum Gasteiger partial charge on any atom is -0.693 e. The van der Waals surface area contributed by atoms with E-state index in [1.807, 2.05) is 6.92 Å². The Hall–Kier alpha value is -13.4. The average molecular weight is 1670 g/mol. The number of imidazole rings is 5. The van der Waals surface area contributed by atoms with Crippen molar-refractivity contribution in [3.8, 4) is 0 Å². The van der Waals surface area contributed by atoms with E-state index >= 15 is 0 Å². The van der Waals surface area contributed by atoms with Gasteiger partial charge in [0.05, 0.1) is 91.5 Å². The molecule has 0 aliphatic carbocycles. The van der Waals surface area contributed by atoms with Gasteiger partial charge < -0.3 is 77.8 Å². The molecule has 0 aliphatic heterocycles. The Kier molecular flexibility index (Phi) is 34.7. The molecule has 0 saturated heterocycles. The number of halogens is 1. The Bertz CT molecular complexity index is 4950. The van der Waals surface area contributed by atoms with Crippen LogP contribution in [-0.2, 0) is 64.0 Å². The molecule has 5 heterocycles. The van der Waals surface area contributed by atoms with Crippen LogP contribution in [-0.4, -0.2) is 169 Å². The van der Waals surface area contributed by atoms with Crippen molar-refractivity contribution in [1.82, 2.24) is 60.5 Å². The molecule has 564 valence electrons. The number of nitro groups is 3. The summed E-state index contributed by atoms with van der Waals surface area (Å²) in [4.78, 5) is 187. The second kappa shape index (κ2) is 41.5. The molecule has 5 aromatic carbocycles. The maximum absolute atomic E-state index is 12.2. The molecule has 18 N–H and O–H groups in total. The fourth-order valence-electron chi connectivity index (χ4n) is 8.47. The van der Waals surface area contributed by atoms with Crippen molar-refractivity contribution in [2.24, 2.45) is 0 Å². The molecule has 6 amide bonds. The zero-order chi connectivity index (χ0) is 78.0. The van der Waals surface area contributed by atoms with Crippen molar-refractivity contribution >= 4 is 184 Å². The number of aromatic amines is 5. The minimum absolute atomic E-state index is 0. The number of esters is 3. The predicted octanol–water partition coefficient (Wildman–Crippen LogP) is 7.75. The third kappa shape index (κ3) is 25.6. The van der Waals surface area contributed by atoms with Crippen molar-refractivity contribution in [3.05, 3.63) is 131 Å². The van der Waals surface area contributed by atoms with Gasteiger partial charge >= 0.3 is 17.9 Å². The number of rotatable bonds is 16. The van der Waals surface area contributed by atoms with Gasteiger partial charge in [-0.1, -0.05) is 19.9 Å². The number of hydrogen-bond acceptors (Lipinski definition) is 27. The first kappa shape index (κ1) is 88.6. The Labute approximate surface area is 615 Å². The van der Waals surface area contributed by atoms with Gasteiger partial charge in [-0.3, -0.25) is 84.6 Å². The summed E-state index contributed by atoms with van der Waals surface area (Å²) in [6.45, 7) is 12.9. The number of nitrogens with one attached hydrogen (secondary N) is 11. The molecule has 0 unspecified atom stereocenters. The van der Waals surface area contributed by atoms with Gasteiger partial charge in [0.25, 0.3) is 34.8 Å². The number of aliphatic carboxylic acids is 1. The van der Waals surface area contributed by atoms with Crippen LogP contribution in [0.1, 0.15) is 120 Å². The van der Waals surface area contributed by atoms with E-state index in [9.17, 15) is 78.3 Å². The summed E-state index contributed by atoms with van der Waals surface area (Å²) in [6.07, 6.45) is 0.760. The Balaban J connectivity index is 0.000000437. The number of carbonyl (C=O) groups excluding carboxylic acids is 10. The van der Waals surface area contributed by atoms with Crippen molar-refractivity contribution in [3.63, 3.8) is 0 Å². The number of benzene rings is 5. The number of methoxy groups -OCH3 is 3. The average Bonchev–Trinajstić information content (AvgIpc) is 1.64. The molecular weight excluding hydrogens is 1600 g/mol. The fraction of sp³-hybridized carbons (Fsp3) is 0.246. The van der Waals surface area contributed by atoms with Crippen molar-refractivity contribution in [2.75, 3.05) is 67.2 Å². The molecule has 0 aliphatic rings. The van der Waals surface area contributed by atoms with Crippen LogP contribution in [0.15, 0.2) is 66.7 Å². The van der Waals surface area contributed by atoms with Crippen LogP contribution in [0.4, 0.5) is 52.5 Å². The van der Waals surface area contributed by atoms with E-state index in [4.69, 9.17) is 33.0 Å². The largest absolute Gasteiger partial charge is 0.693 e. The molecule has 10 aromatic rings. The number of carboxylic acid groups (broad SMARTS) is 1. The number of anilines is 6. The molecule has 10 rings (SSSR count). The van der Waals surface area contributed by atoms with Gasteiger partial charge in [0.1, 0.15) is 27.6 Å². The summed E-state index contributed by atoms with van der Waals surface area (Å²) in [7, 11) is 3.68. The third-order valence-corrected chi connectivity index (χ3v) is 12.9. The summed E-state index contributed by atoms with van der Waals surface area (Å²) in [5, 5.41) is 55.0. The predicted molar refractivity (Wildman–Crippen MR) is 381 cm³/mol. The zero-order valence-electron chi connectivity index (χ0n) is 57.9. The number of ether oxygens (including phenoxy) is 3. The molecule has 0 atom stereocenters. The monoisotopic (exact) mass is 1670 g/mol. The topological polar surface area (TPSA) is 666 Å². The van der Waals surface area contributed by atoms with E-state index in [1.54, 1.807) is 51.1 Å². The molecular formula is C61H70ClN22O21W-. The van der Waals surface area contributed by atoms with E-state index in [1.165, 1.54) is 53.2 Å². The van der Waals surface area contributed by atoms with Crippen LogP contribution in [0, 0.1) is 30.3 Å². The second-order valence-corrected chi connectivity index (χ2v) is 20.9. The van der Waals surface area contributed by atoms with Gasteiger partial charge in [-0.2, -0.15) is 0 Å². The van der Waals surface area contributed by atoms with E-state index in [0.717, 1.165) is 37.7 Å². The minimum atomic E-state index is -0.833. The molecule has 0 bridgehead atoms. The molecule has 43 nitrogen and oxygen atoms in total. The van der Waals surface area contributed by atoms with E-state index in [-0.39, 0.29) is 148 Å². The molecule has 0 spiro atoms. The third-order valence-electron chi connectivity index (χ3n) is 12.6. The standard InChI is InChI=1S/C15H19N5O3.C12H13N5O4.C11H10N4O5.C9H8N4O4.C9H9N3O2.C3H5ClO.C2H4O2.H2N.W/c1-4-12(22)18-9-6-10(14(23)16-5-2)13-11(7-9)19-15(20-13)17-8(3)21;1-3-13-11(19)8-4-7(17(20)21)5-9-10(8)16-12(15-9)14-6(2)18;1-5(16)12-11-13-8-4-6(15(18)19)3-7(9(8)14-11)10(17)20-2;1-17-8(14)5-2-4(13(15)16)3-6-7(5)12-9(10)11-6;1-14-8(13)5-3-2-4-6-7(5)12-9(10)11-6;1-2-3(4)5;1-2(3)4;;/h6-7H,4-5H2,1-3H3,(H,16,23)(H,18,22)(H2,17,19,20,21);4-5H,3H2,1-2H3,(H,13,19)(H2,14,15,16,18);3-4H,1-2H3,(H2,12,13,14,16);2-3H,1H3,(H3,10,11,12);2-4H,1H3,(H3,10,11,12);2H2,1H3;1H3,(H,3,4);1H2;/q;;;;;;;-1;. The Morgan fingerprint density at radius 1 is 0.472 bits per heavy atom. The number of nitrogen functional groups attached to an aromatic ring is 2. The fourth-order valence-corrected chi connectivity index (χ4v) is 8.47. The summed E-state index contributed by atoms with van der Waals surface area (Å²) in [6, 6.07) is 15.5. The quantitative estimate of drug-likeness (QED) is 0.0144. The van der Waals surface area contributed by atoms with Crippen LogP contribution in [0.5, 0.6) is 0 Å². The van der Waals surface area contributed by atoms with Crippen LogP contribution in [0.3, 0.4) is 0 Å². The van der Waals surface area contributed by atoms with E-state index in [0.29, 0.717) is 70.3 Å². The van der Waals surface area contributed by atoms with E-state index in [2.05, 4.69) is 96.0 Å². The number of nitro benzene ring substituents is 3. The van der Waals surface area contributed by atoms with Gasteiger partial charge in [0, 0.05) is 117 Å². The molecule has 0 saturated carbocycles. The maximum atomic E-state index is 12.2. The van der Waals surface area contributed by atoms with Crippen molar-refractivity contribution in [2.45, 2.75) is 68.2 Å². The number of para-hydroxylation sites is 1. The number of carbonyl (C=O) groups is 11. The number of H-pyrrole nitrogens is 5. The van der Waals surface area contributed by atoms with Crippen LogP contribution in [0.25, 0.3) is 61.3 Å². The summed E-state index contributed by atoms with van der Waals surface area (Å²) >= 11 is 4.82. The number of carboxylic acids is 1. The SMILES string of the molecule is CC(=O)O.CCC(=O)Cl.CCNC(=O)c1cc(NC(=O)CC)cc2[nH]c(NC(C)=O)nc12.CCNC(=O)c1cc([N+](=O)[O-])cc2[nH]c(NC(C)=O)nc12.COC(=O)c1cc([N+](=O)[O-])cc2[nH]c(N)nc12.COC(=O)c1cc([N+](=O)[O-])cc2[nH]c(NC(C)=O)nc12.COC(=O)c1cccc2[nH]c(N)nc12.[NH2-].[W]. The Morgan fingerprint density at radius 3 is 1.12 bits per heavy atom. The maximum Gasteiger partial charge on any atom is 0.340 e. The van der Waals surface area contributed by atoms with Crippen LogP contribution in [0.2, 0.25) is 0 Å². The molecule has 45 heteroatoms. The van der Waals surface area contributed by atoms with Gasteiger partial charge in [0.2, 0.25) is 46.7 Å². The number of amides is 6. The van der Waals surface area contributed by atoms with Crippen molar-refractivity contribution < 1.29 is 108 Å². The molecule has 0 fully saturated rings. The van der Waals surface area contributed by atoms with Gasteiger partial charge in [-0.05, 0) is 49.7 Å². The van der Waals surface area contributed by atoms with Crippen molar-refractivity contribution in [1.29, 1.82) is 0 Å². The normalized spacial score (nSPS) is 9.89. The summed E-state index contributed by atoms with van der Waals surface area (Å²) in [5.74, 6) is -3.78. The number of aromatic nitrogens is 10. The molecule has 0 radical (unpaired) electrons. The van der Waals surface area contributed by atoms with Crippen LogP contribution >= 0.6 is 11.6 Å². The number of non-ortho nitro benzene ring substituents is 3. The number of nitrogens with zero attached hydrogens (tertiary/aromatic N) is 8. The first-order valence-corrected chi connectivity index (χ1v) is 30.3. The first-order valence-electron chi connectivity index (χ1n) is 29.9. The van der Waals surface area contributed by atoms with Gasteiger partial charge in [0.15, 0.2) is 11.9 Å². The molecule has 5 aromatic heterocycles. The second-order valence-electron chi connectivity index (χ2n) is 20.4. The van der Waals surface area contributed by atoms with Gasteiger partial charge in [-0.15, -0.1) is 0 Å². The zero-order valence-corrected chi connectivity index (χ0v) is 61.6. The van der Waals surface area contributed by atoms with Crippen LogP contribution < -0.4 is 43.4 Å². The number of hydrogen-bond donors (Lipinski definition) is 14. The first-order chi connectivity index (χ1) is 49.0. The molecule has 106 heavy (non-hydrogen) atoms. The van der Waals surface area contributed by atoms with Gasteiger partial charge in [-0.25, -0.2) is 39.3 Å². The smallest absolute Gasteiger partial charge is 0.340 e. The Morgan fingerprint density at radius 2 is 0.783 bits per heavy atom. The summed E-state index contributed by atoms with van der Waals surface area (Å²) in [5.41, 5.74) is 15.2. The number of nitrogens with two attached hydrogens (primary N) is 3. The number of fused-ring (bicyclic) bond motifs is 5. The summed E-state index contributed by atoms with van der Waals surface area (Å²) < 4.78 is 13.7. The van der Waals surface area contributed by atoms with E-state index < -0.39 is 44.6 Å².